The highest BCUT2D eigenvalue weighted by atomic mass is 31.2. The Morgan fingerprint density at radius 2 is 0.821 bits per heavy atom. The first-order chi connectivity index (χ1) is 32.8. The summed E-state index contributed by atoms with van der Waals surface area (Å²) in [6.45, 7) is 3.55. The van der Waals surface area contributed by atoms with Crippen molar-refractivity contribution in [2.24, 2.45) is 5.73 Å². The molecule has 3 N–H and O–H groups in total. The quantitative estimate of drug-likeness (QED) is 0.0264. The largest absolute Gasteiger partial charge is 0.472 e. The van der Waals surface area contributed by atoms with Crippen molar-refractivity contribution in [2.75, 3.05) is 26.4 Å². The third kappa shape index (κ3) is 53.2. The minimum atomic E-state index is -4.36. The van der Waals surface area contributed by atoms with Gasteiger partial charge in [0.2, 0.25) is 0 Å². The number of rotatable bonds is 53. The van der Waals surface area contributed by atoms with Crippen molar-refractivity contribution in [1.82, 2.24) is 0 Å². The van der Waals surface area contributed by atoms with Gasteiger partial charge in [0.25, 0.3) is 0 Å². The van der Waals surface area contributed by atoms with Gasteiger partial charge in [0.15, 0.2) is 6.10 Å². The molecule has 0 aromatic rings. The lowest BCUT2D eigenvalue weighted by atomic mass is 10.0. The molecule has 2 unspecified atom stereocenters. The van der Waals surface area contributed by atoms with Gasteiger partial charge in [0.05, 0.1) is 13.2 Å². The maximum absolute atomic E-state index is 12.6. The maximum atomic E-state index is 12.6. The summed E-state index contributed by atoms with van der Waals surface area (Å²) in [5.41, 5.74) is 5.34. The van der Waals surface area contributed by atoms with Gasteiger partial charge >= 0.3 is 19.8 Å². The molecule has 0 aromatic carbocycles. The highest BCUT2D eigenvalue weighted by Crippen LogP contribution is 2.43. The fourth-order valence-electron chi connectivity index (χ4n) is 8.10. The summed E-state index contributed by atoms with van der Waals surface area (Å²) in [7, 11) is -4.36. The van der Waals surface area contributed by atoms with Crippen LogP contribution in [0.1, 0.15) is 271 Å². The standard InChI is InChI=1S/C57H106NO8P/c1-3-5-7-9-10-11-12-13-14-15-16-17-18-19-20-21-22-23-24-25-26-27-28-29-30-31-32-33-34-35-36-37-38-39-40-41-42-43-44-46-48-50-57(60)66-55(54-65-67(61,62)64-52-51-58)53-63-56(59)49-47-45-8-6-4-2/h5,7,10-11,13-14,16-17,55H,3-4,6,8-9,12,15,18-54,58H2,1-2H3,(H,61,62)/b7-5-,11-10-,14-13-,17-16-. The number of esters is 2. The zero-order valence-electron chi connectivity index (χ0n) is 43.6. The number of hydrogen-bond acceptors (Lipinski definition) is 8. The van der Waals surface area contributed by atoms with Crippen LogP contribution in [0, 0.1) is 0 Å². The van der Waals surface area contributed by atoms with Gasteiger partial charge in [0, 0.05) is 19.4 Å². The summed E-state index contributed by atoms with van der Waals surface area (Å²) in [6, 6.07) is 0. The van der Waals surface area contributed by atoms with Crippen molar-refractivity contribution in [2.45, 2.75) is 277 Å². The highest BCUT2D eigenvalue weighted by Gasteiger charge is 2.26. The van der Waals surface area contributed by atoms with Gasteiger partial charge in [-0.3, -0.25) is 18.6 Å². The number of phosphoric ester groups is 1. The van der Waals surface area contributed by atoms with Gasteiger partial charge in [-0.2, -0.15) is 0 Å². The predicted molar refractivity (Wildman–Crippen MR) is 284 cm³/mol. The second-order valence-electron chi connectivity index (χ2n) is 18.8. The van der Waals surface area contributed by atoms with Crippen molar-refractivity contribution in [3.63, 3.8) is 0 Å². The van der Waals surface area contributed by atoms with Crippen molar-refractivity contribution in [1.29, 1.82) is 0 Å². The van der Waals surface area contributed by atoms with E-state index >= 15 is 0 Å². The van der Waals surface area contributed by atoms with E-state index in [1.54, 1.807) is 0 Å². The molecule has 0 fully saturated rings. The number of allylic oxidation sites excluding steroid dienone is 8. The van der Waals surface area contributed by atoms with Gasteiger partial charge in [-0.15, -0.1) is 0 Å². The number of unbranched alkanes of at least 4 members (excludes halogenated alkanes) is 32. The van der Waals surface area contributed by atoms with Crippen LogP contribution >= 0.6 is 7.82 Å². The third-order valence-electron chi connectivity index (χ3n) is 12.2. The average molecular weight is 964 g/mol. The van der Waals surface area contributed by atoms with E-state index in [4.69, 9.17) is 24.3 Å². The molecule has 0 amide bonds. The summed E-state index contributed by atoms with van der Waals surface area (Å²) >= 11 is 0. The van der Waals surface area contributed by atoms with E-state index in [1.807, 2.05) is 0 Å². The number of nitrogens with two attached hydrogens (primary N) is 1. The van der Waals surface area contributed by atoms with E-state index in [0.29, 0.717) is 6.42 Å². The number of hydrogen-bond donors (Lipinski definition) is 2. The molecular formula is C57H106NO8P. The van der Waals surface area contributed by atoms with Crippen LogP contribution in [0.4, 0.5) is 0 Å². The zero-order valence-corrected chi connectivity index (χ0v) is 44.5. The lowest BCUT2D eigenvalue weighted by Gasteiger charge is -2.19. The SMILES string of the molecule is CC/C=C\C/C=C\C/C=C\C/C=C\CCCCCCCCCCCCCCCCCCCCCCCCCCCCCCC(=O)OC(COC(=O)CCCCCCC)COP(=O)(O)OCCN. The summed E-state index contributed by atoms with van der Waals surface area (Å²) in [4.78, 5) is 34.6. The lowest BCUT2D eigenvalue weighted by Crippen LogP contribution is -2.29. The Kier molecular flexibility index (Phi) is 51.7. The molecule has 0 aliphatic carbocycles. The van der Waals surface area contributed by atoms with Crippen LogP contribution in [0.5, 0.6) is 0 Å². The third-order valence-corrected chi connectivity index (χ3v) is 13.2. The molecule has 0 aliphatic rings. The monoisotopic (exact) mass is 964 g/mol. The van der Waals surface area contributed by atoms with Gasteiger partial charge in [-0.25, -0.2) is 4.57 Å². The maximum Gasteiger partial charge on any atom is 0.472 e. The molecule has 0 aliphatic heterocycles. The Labute approximate surface area is 413 Å². The zero-order chi connectivity index (χ0) is 48.8. The van der Waals surface area contributed by atoms with E-state index in [-0.39, 0.29) is 38.6 Å². The molecule has 0 saturated heterocycles. The van der Waals surface area contributed by atoms with Crippen molar-refractivity contribution in [3.8, 4) is 0 Å². The van der Waals surface area contributed by atoms with Crippen LogP contribution in [-0.2, 0) is 32.7 Å². The molecule has 0 radical (unpaired) electrons. The fourth-order valence-corrected chi connectivity index (χ4v) is 8.87. The summed E-state index contributed by atoms with van der Waals surface area (Å²) in [5.74, 6) is -0.831. The first-order valence-corrected chi connectivity index (χ1v) is 29.6. The van der Waals surface area contributed by atoms with Crippen LogP contribution < -0.4 is 5.73 Å². The molecule has 10 heteroatoms. The average Bonchev–Trinajstić information content (AvgIpc) is 3.32. The van der Waals surface area contributed by atoms with E-state index in [0.717, 1.165) is 70.6 Å². The Hall–Kier alpha value is -2.03. The van der Waals surface area contributed by atoms with Crippen LogP contribution in [0.2, 0.25) is 0 Å². The van der Waals surface area contributed by atoms with Gasteiger partial charge in [-0.05, 0) is 51.4 Å². The minimum Gasteiger partial charge on any atom is -0.462 e. The number of carbonyl (C=O) groups excluding carboxylic acids is 2. The molecule has 9 nitrogen and oxygen atoms in total. The van der Waals surface area contributed by atoms with Crippen LogP contribution in [0.25, 0.3) is 0 Å². The Morgan fingerprint density at radius 3 is 1.22 bits per heavy atom. The van der Waals surface area contributed by atoms with E-state index < -0.39 is 26.5 Å². The second-order valence-corrected chi connectivity index (χ2v) is 20.2. The molecule has 0 spiro atoms. The number of ether oxygens (including phenoxy) is 2. The Morgan fingerprint density at radius 1 is 0.463 bits per heavy atom. The van der Waals surface area contributed by atoms with Crippen molar-refractivity contribution < 1.29 is 37.6 Å². The minimum absolute atomic E-state index is 0.0555. The molecule has 2 atom stereocenters. The van der Waals surface area contributed by atoms with Crippen LogP contribution in [0.15, 0.2) is 48.6 Å². The normalized spacial score (nSPS) is 13.4. The topological polar surface area (TPSA) is 134 Å². The molecule has 0 rings (SSSR count). The smallest absolute Gasteiger partial charge is 0.462 e. The van der Waals surface area contributed by atoms with Crippen molar-refractivity contribution in [3.05, 3.63) is 48.6 Å². The number of phosphoric acid groups is 1. The molecule has 67 heavy (non-hydrogen) atoms. The molecule has 0 heterocycles. The first-order valence-electron chi connectivity index (χ1n) is 28.1. The van der Waals surface area contributed by atoms with Crippen LogP contribution in [-0.4, -0.2) is 49.3 Å². The Bertz CT molecular complexity index is 1240. The summed E-state index contributed by atoms with van der Waals surface area (Å²) in [6.07, 6.45) is 65.5. The number of carbonyl (C=O) groups is 2. The second kappa shape index (κ2) is 53.3. The fraction of sp³-hybridized carbons (Fsp3) is 0.825. The van der Waals surface area contributed by atoms with E-state index in [9.17, 15) is 19.0 Å². The summed E-state index contributed by atoms with van der Waals surface area (Å²) in [5, 5.41) is 0. The van der Waals surface area contributed by atoms with Gasteiger partial charge in [-0.1, -0.05) is 255 Å². The predicted octanol–water partition coefficient (Wildman–Crippen LogP) is 17.4. The van der Waals surface area contributed by atoms with E-state index in [1.165, 1.54) is 167 Å². The van der Waals surface area contributed by atoms with E-state index in [2.05, 4.69) is 62.5 Å². The highest BCUT2D eigenvalue weighted by molar-refractivity contribution is 7.47. The molecule has 392 valence electrons. The van der Waals surface area contributed by atoms with Crippen LogP contribution in [0.3, 0.4) is 0 Å². The molecule has 0 bridgehead atoms. The van der Waals surface area contributed by atoms with Crippen molar-refractivity contribution >= 4 is 19.8 Å². The van der Waals surface area contributed by atoms with Gasteiger partial charge in [0.1, 0.15) is 6.61 Å². The van der Waals surface area contributed by atoms with Gasteiger partial charge < -0.3 is 20.1 Å². The summed E-state index contributed by atoms with van der Waals surface area (Å²) < 4.78 is 32.6. The molecular weight excluding hydrogens is 858 g/mol. The molecule has 0 saturated carbocycles. The lowest BCUT2D eigenvalue weighted by molar-refractivity contribution is -0.161. The first kappa shape index (κ1) is 65.0. The molecule has 0 aromatic heterocycles. The Balaban J connectivity index is 3.58.